The van der Waals surface area contributed by atoms with Gasteiger partial charge in [-0.2, -0.15) is 0 Å². The van der Waals surface area contributed by atoms with Gasteiger partial charge in [0.25, 0.3) is 0 Å². The lowest BCUT2D eigenvalue weighted by atomic mass is 10.2. The van der Waals surface area contributed by atoms with Crippen molar-refractivity contribution in [1.29, 1.82) is 0 Å². The molecule has 0 amide bonds. The maximum atomic E-state index is 4.65. The number of pyridine rings is 1. The molecule has 0 fully saturated rings. The maximum Gasteiger partial charge on any atom is 0.192 e. The number of aromatic nitrogens is 5. The highest BCUT2D eigenvalue weighted by Gasteiger charge is 2.14. The zero-order valence-electron chi connectivity index (χ0n) is 16.0. The van der Waals surface area contributed by atoms with Crippen LogP contribution in [0.5, 0.6) is 0 Å². The molecule has 6 nitrogen and oxygen atoms in total. The molecular weight excluding hydrogens is 368 g/mol. The summed E-state index contributed by atoms with van der Waals surface area (Å²) >= 11 is 1.64. The summed E-state index contributed by atoms with van der Waals surface area (Å²) < 4.78 is 4.13. The van der Waals surface area contributed by atoms with E-state index in [1.54, 1.807) is 11.8 Å². The van der Waals surface area contributed by atoms with Gasteiger partial charge in [-0.25, -0.2) is 4.98 Å². The number of fused-ring (bicyclic) bond motifs is 1. The second-order valence-corrected chi connectivity index (χ2v) is 7.58. The van der Waals surface area contributed by atoms with Gasteiger partial charge in [-0.15, -0.1) is 16.8 Å². The molecule has 3 aromatic heterocycles. The standard InChI is InChI=1S/C21H22N6S/c1-4-12-27-20(16-8-10-18(11-9-16)25(2)3)23-24-21(27)28-15-17-14-26-13-6-5-7-19(26)22-17/h4-11,13-14H,1,12,15H2,2-3H3. The highest BCUT2D eigenvalue weighted by Crippen LogP contribution is 2.27. The van der Waals surface area contributed by atoms with E-state index in [-0.39, 0.29) is 0 Å². The fourth-order valence-corrected chi connectivity index (χ4v) is 3.84. The van der Waals surface area contributed by atoms with E-state index >= 15 is 0 Å². The van der Waals surface area contributed by atoms with Gasteiger partial charge >= 0.3 is 0 Å². The number of hydrogen-bond acceptors (Lipinski definition) is 5. The Balaban J connectivity index is 1.58. The maximum absolute atomic E-state index is 4.65. The summed E-state index contributed by atoms with van der Waals surface area (Å²) in [7, 11) is 4.06. The molecule has 0 aliphatic heterocycles. The third kappa shape index (κ3) is 3.66. The Kier molecular flexibility index (Phi) is 5.16. The fraction of sp³-hybridized carbons (Fsp3) is 0.190. The van der Waals surface area contributed by atoms with Gasteiger partial charge < -0.3 is 9.30 Å². The predicted molar refractivity (Wildman–Crippen MR) is 115 cm³/mol. The summed E-state index contributed by atoms with van der Waals surface area (Å²) in [5.74, 6) is 1.58. The van der Waals surface area contributed by atoms with E-state index in [0.717, 1.165) is 39.3 Å². The average molecular weight is 391 g/mol. The zero-order valence-corrected chi connectivity index (χ0v) is 16.8. The molecule has 0 radical (unpaired) electrons. The van der Waals surface area contributed by atoms with E-state index < -0.39 is 0 Å². The van der Waals surface area contributed by atoms with Crippen molar-refractivity contribution in [3.05, 3.63) is 73.2 Å². The highest BCUT2D eigenvalue weighted by atomic mass is 32.2. The first-order valence-electron chi connectivity index (χ1n) is 9.03. The molecule has 0 unspecified atom stereocenters. The van der Waals surface area contributed by atoms with Crippen molar-refractivity contribution in [2.24, 2.45) is 0 Å². The van der Waals surface area contributed by atoms with E-state index in [1.165, 1.54) is 0 Å². The van der Waals surface area contributed by atoms with Gasteiger partial charge in [-0.1, -0.05) is 23.9 Å². The van der Waals surface area contributed by atoms with Gasteiger partial charge in [0.1, 0.15) is 5.65 Å². The summed E-state index contributed by atoms with van der Waals surface area (Å²) in [4.78, 5) is 6.73. The van der Waals surface area contributed by atoms with Crippen molar-refractivity contribution in [1.82, 2.24) is 24.1 Å². The first-order valence-corrected chi connectivity index (χ1v) is 10.0. The van der Waals surface area contributed by atoms with Crippen molar-refractivity contribution < 1.29 is 0 Å². The Bertz CT molecular complexity index is 1060. The molecule has 4 aromatic rings. The summed E-state index contributed by atoms with van der Waals surface area (Å²) in [5.41, 5.74) is 4.16. The molecule has 0 saturated carbocycles. The van der Waals surface area contributed by atoms with Crippen LogP contribution in [0.4, 0.5) is 5.69 Å². The number of thioether (sulfide) groups is 1. The molecule has 7 heteroatoms. The summed E-state index contributed by atoms with van der Waals surface area (Å²) in [6, 6.07) is 14.3. The first-order chi connectivity index (χ1) is 13.7. The van der Waals surface area contributed by atoms with Crippen LogP contribution in [0.1, 0.15) is 5.69 Å². The number of hydrogen-bond donors (Lipinski definition) is 0. The zero-order chi connectivity index (χ0) is 19.5. The molecule has 28 heavy (non-hydrogen) atoms. The minimum absolute atomic E-state index is 0.658. The van der Waals surface area contributed by atoms with Crippen molar-refractivity contribution in [2.45, 2.75) is 17.5 Å². The van der Waals surface area contributed by atoms with E-state index in [0.29, 0.717) is 6.54 Å². The number of imidazole rings is 1. The molecule has 4 rings (SSSR count). The Labute approximate surface area is 168 Å². The molecular formula is C21H22N6S. The molecule has 0 atom stereocenters. The number of nitrogens with zero attached hydrogens (tertiary/aromatic N) is 6. The van der Waals surface area contributed by atoms with Crippen LogP contribution in [0.3, 0.4) is 0 Å². The quantitative estimate of drug-likeness (QED) is 0.351. The summed E-state index contributed by atoms with van der Waals surface area (Å²) in [6.07, 6.45) is 5.93. The van der Waals surface area contributed by atoms with Crippen LogP contribution in [0.15, 0.2) is 72.7 Å². The normalized spacial score (nSPS) is 11.1. The van der Waals surface area contributed by atoms with Gasteiger partial charge in [0.05, 0.1) is 5.69 Å². The second-order valence-electron chi connectivity index (χ2n) is 6.63. The van der Waals surface area contributed by atoms with E-state index in [4.69, 9.17) is 0 Å². The van der Waals surface area contributed by atoms with Gasteiger partial charge in [0.2, 0.25) is 0 Å². The predicted octanol–water partition coefficient (Wildman–Crippen LogP) is 4.14. The Morgan fingerprint density at radius 3 is 2.64 bits per heavy atom. The van der Waals surface area contributed by atoms with Crippen LogP contribution in [-0.2, 0) is 12.3 Å². The minimum atomic E-state index is 0.658. The SMILES string of the molecule is C=CCn1c(SCc2cn3ccccc3n2)nnc1-c1ccc(N(C)C)cc1. The lowest BCUT2D eigenvalue weighted by Crippen LogP contribution is -2.08. The highest BCUT2D eigenvalue weighted by molar-refractivity contribution is 7.98. The molecule has 0 spiro atoms. The molecule has 1 aromatic carbocycles. The summed E-state index contributed by atoms with van der Waals surface area (Å²) in [5, 5.41) is 9.72. The van der Waals surface area contributed by atoms with Crippen LogP contribution < -0.4 is 4.90 Å². The van der Waals surface area contributed by atoms with Crippen molar-refractivity contribution in [3.8, 4) is 11.4 Å². The number of rotatable bonds is 7. The smallest absolute Gasteiger partial charge is 0.192 e. The third-order valence-corrected chi connectivity index (χ3v) is 5.43. The average Bonchev–Trinajstić information content (AvgIpc) is 3.30. The molecule has 142 valence electrons. The Hall–Kier alpha value is -3.06. The molecule has 0 bridgehead atoms. The fourth-order valence-electron chi connectivity index (χ4n) is 3.01. The molecule has 0 saturated heterocycles. The number of benzene rings is 1. The van der Waals surface area contributed by atoms with Crippen LogP contribution in [0, 0.1) is 0 Å². The van der Waals surface area contributed by atoms with E-state index in [9.17, 15) is 0 Å². The van der Waals surface area contributed by atoms with Gasteiger partial charge in [0.15, 0.2) is 11.0 Å². The molecule has 3 heterocycles. The van der Waals surface area contributed by atoms with Crippen LogP contribution in [0.2, 0.25) is 0 Å². The lowest BCUT2D eigenvalue weighted by Gasteiger charge is -2.13. The van der Waals surface area contributed by atoms with Crippen LogP contribution in [-0.4, -0.2) is 38.2 Å². The largest absolute Gasteiger partial charge is 0.378 e. The third-order valence-electron chi connectivity index (χ3n) is 4.43. The van der Waals surface area contributed by atoms with Crippen LogP contribution >= 0.6 is 11.8 Å². The van der Waals surface area contributed by atoms with E-state index in [2.05, 4.69) is 61.7 Å². The Morgan fingerprint density at radius 1 is 1.11 bits per heavy atom. The van der Waals surface area contributed by atoms with Crippen molar-refractivity contribution >= 4 is 23.1 Å². The van der Waals surface area contributed by atoms with E-state index in [1.807, 2.05) is 49.0 Å². The Morgan fingerprint density at radius 2 is 1.93 bits per heavy atom. The molecule has 0 aliphatic rings. The monoisotopic (exact) mass is 390 g/mol. The van der Waals surface area contributed by atoms with Gasteiger partial charge in [0, 0.05) is 50.0 Å². The minimum Gasteiger partial charge on any atom is -0.378 e. The molecule has 0 N–H and O–H groups in total. The van der Waals surface area contributed by atoms with Gasteiger partial charge in [-0.05, 0) is 36.4 Å². The number of allylic oxidation sites excluding steroid dienone is 1. The first kappa shape index (κ1) is 18.3. The van der Waals surface area contributed by atoms with Gasteiger partial charge in [-0.3, -0.25) is 4.57 Å². The topological polar surface area (TPSA) is 51.3 Å². The lowest BCUT2D eigenvalue weighted by molar-refractivity contribution is 0.731. The van der Waals surface area contributed by atoms with Crippen molar-refractivity contribution in [2.75, 3.05) is 19.0 Å². The second kappa shape index (κ2) is 7.90. The van der Waals surface area contributed by atoms with Crippen LogP contribution in [0.25, 0.3) is 17.0 Å². The molecule has 0 aliphatic carbocycles. The number of anilines is 1. The summed E-state index contributed by atoms with van der Waals surface area (Å²) in [6.45, 7) is 4.55. The van der Waals surface area contributed by atoms with Crippen molar-refractivity contribution in [3.63, 3.8) is 0 Å².